The Morgan fingerprint density at radius 1 is 1.40 bits per heavy atom. The third-order valence-electron chi connectivity index (χ3n) is 2.67. The molecule has 0 aliphatic heterocycles. The first-order valence-electron chi connectivity index (χ1n) is 6.13. The van der Waals surface area contributed by atoms with Crippen LogP contribution in [0.3, 0.4) is 0 Å². The van der Waals surface area contributed by atoms with Crippen LogP contribution in [0.1, 0.15) is 30.4 Å². The van der Waals surface area contributed by atoms with Crippen molar-refractivity contribution in [2.24, 2.45) is 0 Å². The van der Waals surface area contributed by atoms with Crippen molar-refractivity contribution in [2.75, 3.05) is 5.75 Å². The monoisotopic (exact) mass is 328 g/mol. The van der Waals surface area contributed by atoms with Crippen molar-refractivity contribution >= 4 is 40.7 Å². The molecule has 0 amide bonds. The molecule has 20 heavy (non-hydrogen) atoms. The quantitative estimate of drug-likeness (QED) is 0.587. The molecule has 0 aliphatic carbocycles. The second kappa shape index (κ2) is 6.66. The summed E-state index contributed by atoms with van der Waals surface area (Å²) in [5.41, 5.74) is 0.469. The third kappa shape index (κ3) is 3.57. The van der Waals surface area contributed by atoms with Crippen molar-refractivity contribution in [2.45, 2.75) is 24.8 Å². The minimum atomic E-state index is -0.0359. The highest BCUT2D eigenvalue weighted by Gasteiger charge is 2.19. The van der Waals surface area contributed by atoms with Gasteiger partial charge in [0.25, 0.3) is 0 Å². The molecule has 106 valence electrons. The second-order valence-corrected chi connectivity index (χ2v) is 6.44. The Hall–Kier alpha value is -0.970. The fraction of sp³-hybridized carbons (Fsp3) is 0.286. The number of aromatic nitrogens is 2. The maximum Gasteiger partial charge on any atom is 0.192 e. The van der Waals surface area contributed by atoms with Gasteiger partial charge in [0.15, 0.2) is 5.78 Å². The summed E-state index contributed by atoms with van der Waals surface area (Å²) in [6, 6.07) is 7.52. The molecule has 0 bridgehead atoms. The van der Waals surface area contributed by atoms with E-state index in [-0.39, 0.29) is 11.8 Å². The van der Waals surface area contributed by atoms with E-state index in [1.165, 1.54) is 18.0 Å². The SMILES string of the molecule is CC(C)n1ncc(Cl)c1C(=O)CSc1cccc(Cl)c1. The maximum atomic E-state index is 12.3. The van der Waals surface area contributed by atoms with Crippen LogP contribution in [0, 0.1) is 0 Å². The largest absolute Gasteiger partial charge is 0.291 e. The number of carbonyl (C=O) groups excluding carboxylic acids is 1. The summed E-state index contributed by atoms with van der Waals surface area (Å²) in [5, 5.41) is 5.20. The van der Waals surface area contributed by atoms with Gasteiger partial charge in [0.1, 0.15) is 5.69 Å². The molecule has 3 nitrogen and oxygen atoms in total. The van der Waals surface area contributed by atoms with Gasteiger partial charge in [0, 0.05) is 16.0 Å². The van der Waals surface area contributed by atoms with Crippen LogP contribution in [0.4, 0.5) is 0 Å². The van der Waals surface area contributed by atoms with Gasteiger partial charge in [-0.2, -0.15) is 5.10 Å². The average Bonchev–Trinajstić information content (AvgIpc) is 2.78. The van der Waals surface area contributed by atoms with E-state index in [9.17, 15) is 4.79 Å². The van der Waals surface area contributed by atoms with Crippen LogP contribution < -0.4 is 0 Å². The molecule has 1 aromatic heterocycles. The van der Waals surface area contributed by atoms with Crippen LogP contribution in [-0.4, -0.2) is 21.3 Å². The Kier molecular flexibility index (Phi) is 5.13. The topological polar surface area (TPSA) is 34.9 Å². The molecule has 0 radical (unpaired) electrons. The van der Waals surface area contributed by atoms with Gasteiger partial charge in [-0.1, -0.05) is 29.3 Å². The van der Waals surface area contributed by atoms with E-state index in [4.69, 9.17) is 23.2 Å². The number of benzene rings is 1. The third-order valence-corrected chi connectivity index (χ3v) is 4.18. The maximum absolute atomic E-state index is 12.3. The summed E-state index contributed by atoms with van der Waals surface area (Å²) in [7, 11) is 0. The van der Waals surface area contributed by atoms with Crippen molar-refractivity contribution < 1.29 is 4.79 Å². The van der Waals surface area contributed by atoms with Crippen LogP contribution in [0.2, 0.25) is 10.0 Å². The van der Waals surface area contributed by atoms with Crippen molar-refractivity contribution in [1.29, 1.82) is 0 Å². The normalized spacial score (nSPS) is 11.1. The van der Waals surface area contributed by atoms with Crippen LogP contribution in [0.15, 0.2) is 35.4 Å². The molecule has 0 unspecified atom stereocenters. The van der Waals surface area contributed by atoms with Crippen LogP contribution in [-0.2, 0) is 0 Å². The zero-order valence-corrected chi connectivity index (χ0v) is 13.5. The first kappa shape index (κ1) is 15.4. The van der Waals surface area contributed by atoms with Crippen molar-refractivity contribution in [1.82, 2.24) is 9.78 Å². The standard InChI is InChI=1S/C14H14Cl2N2OS/c1-9(2)18-14(12(16)7-17-18)13(19)8-20-11-5-3-4-10(15)6-11/h3-7,9H,8H2,1-2H3. The molecule has 2 aromatic rings. The highest BCUT2D eigenvalue weighted by molar-refractivity contribution is 8.00. The Labute approximate surface area is 132 Å². The Morgan fingerprint density at radius 2 is 2.15 bits per heavy atom. The van der Waals surface area contributed by atoms with Gasteiger partial charge >= 0.3 is 0 Å². The number of thioether (sulfide) groups is 1. The Bertz CT molecular complexity index is 625. The smallest absolute Gasteiger partial charge is 0.192 e. The molecule has 0 atom stereocenters. The minimum absolute atomic E-state index is 0.0359. The predicted molar refractivity (Wildman–Crippen MR) is 84.1 cm³/mol. The van der Waals surface area contributed by atoms with E-state index in [1.807, 2.05) is 32.0 Å². The summed E-state index contributed by atoms with van der Waals surface area (Å²) in [6.07, 6.45) is 1.51. The van der Waals surface area contributed by atoms with E-state index in [1.54, 1.807) is 10.7 Å². The fourth-order valence-corrected chi connectivity index (χ4v) is 3.08. The number of nitrogens with zero attached hydrogens (tertiary/aromatic N) is 2. The number of halogens is 2. The van der Waals surface area contributed by atoms with Gasteiger partial charge in [0.2, 0.25) is 0 Å². The first-order chi connectivity index (χ1) is 9.49. The van der Waals surface area contributed by atoms with Crippen LogP contribution in [0.5, 0.6) is 0 Å². The number of ketones is 1. The van der Waals surface area contributed by atoms with Gasteiger partial charge in [0.05, 0.1) is 17.0 Å². The summed E-state index contributed by atoms with van der Waals surface area (Å²) in [6.45, 7) is 3.93. The first-order valence-corrected chi connectivity index (χ1v) is 7.87. The van der Waals surface area contributed by atoms with Crippen LogP contribution >= 0.6 is 35.0 Å². The molecule has 0 saturated heterocycles. The molecule has 6 heteroatoms. The minimum Gasteiger partial charge on any atom is -0.291 e. The lowest BCUT2D eigenvalue weighted by Crippen LogP contribution is -2.14. The zero-order chi connectivity index (χ0) is 14.7. The van der Waals surface area contributed by atoms with Crippen molar-refractivity contribution in [3.63, 3.8) is 0 Å². The Balaban J connectivity index is 2.11. The molecule has 1 heterocycles. The molecule has 1 aromatic carbocycles. The molecular weight excluding hydrogens is 315 g/mol. The zero-order valence-electron chi connectivity index (χ0n) is 11.1. The summed E-state index contributed by atoms with van der Waals surface area (Å²) >= 11 is 13.4. The number of carbonyl (C=O) groups is 1. The van der Waals surface area contributed by atoms with Crippen molar-refractivity contribution in [3.05, 3.63) is 46.2 Å². The van der Waals surface area contributed by atoms with Crippen LogP contribution in [0.25, 0.3) is 0 Å². The summed E-state index contributed by atoms with van der Waals surface area (Å²) in [5.74, 6) is 0.268. The van der Waals surface area contributed by atoms with E-state index in [0.717, 1.165) is 4.90 Å². The number of Topliss-reactive ketones (excluding diaryl/α,β-unsaturated/α-hetero) is 1. The molecule has 0 saturated carbocycles. The van der Waals surface area contributed by atoms with Gasteiger partial charge in [-0.15, -0.1) is 11.8 Å². The van der Waals surface area contributed by atoms with E-state index < -0.39 is 0 Å². The van der Waals surface area contributed by atoms with Crippen molar-refractivity contribution in [3.8, 4) is 0 Å². The molecular formula is C14H14Cl2N2OS. The van der Waals surface area contributed by atoms with E-state index in [2.05, 4.69) is 5.10 Å². The molecule has 0 aliphatic rings. The highest BCUT2D eigenvalue weighted by atomic mass is 35.5. The molecule has 0 spiro atoms. The Morgan fingerprint density at radius 3 is 2.80 bits per heavy atom. The average molecular weight is 329 g/mol. The van der Waals surface area contributed by atoms with Gasteiger partial charge in [-0.25, -0.2) is 0 Å². The molecule has 2 rings (SSSR count). The summed E-state index contributed by atoms with van der Waals surface area (Å²) in [4.78, 5) is 13.3. The lowest BCUT2D eigenvalue weighted by molar-refractivity contribution is 0.101. The molecule has 0 N–H and O–H groups in total. The predicted octanol–water partition coefficient (Wildman–Crippen LogP) is 4.75. The molecule has 0 fully saturated rings. The number of hydrogen-bond donors (Lipinski definition) is 0. The second-order valence-electron chi connectivity index (χ2n) is 4.55. The van der Waals surface area contributed by atoms with E-state index in [0.29, 0.717) is 21.5 Å². The lowest BCUT2D eigenvalue weighted by atomic mass is 10.3. The highest BCUT2D eigenvalue weighted by Crippen LogP contribution is 2.25. The van der Waals surface area contributed by atoms with Gasteiger partial charge in [-0.3, -0.25) is 9.48 Å². The van der Waals surface area contributed by atoms with Gasteiger partial charge < -0.3 is 0 Å². The lowest BCUT2D eigenvalue weighted by Gasteiger charge is -2.10. The number of rotatable bonds is 5. The fourth-order valence-electron chi connectivity index (χ4n) is 1.77. The van der Waals surface area contributed by atoms with E-state index >= 15 is 0 Å². The summed E-state index contributed by atoms with van der Waals surface area (Å²) < 4.78 is 1.66. The van der Waals surface area contributed by atoms with Gasteiger partial charge in [-0.05, 0) is 32.0 Å². The number of hydrogen-bond acceptors (Lipinski definition) is 3.